The number of anilines is 2. The summed E-state index contributed by atoms with van der Waals surface area (Å²) in [7, 11) is 0. The van der Waals surface area contributed by atoms with Crippen LogP contribution >= 0.6 is 0 Å². The molecule has 13 heteroatoms. The van der Waals surface area contributed by atoms with E-state index < -0.39 is 42.5 Å². The number of nitrogens with two attached hydrogens (primary N) is 1. The standard InChI is InChI=1S/C19H20F3N7O3/c1-2-32-17(31)28-8-5-18(4-6-23,11-19(28,21)22)29-10-13(15(24)30)16(27-29)26-12-3-7-25-14(20)9-12/h3,7,9-10H,2,4-5,8,11H2,1H3,(H2,24,30)(H,25,26,27). The topological polar surface area (TPSA) is 139 Å². The molecule has 0 bridgehead atoms. The summed E-state index contributed by atoms with van der Waals surface area (Å²) in [6.07, 6.45) is -0.184. The molecular weight excluding hydrogens is 431 g/mol. The van der Waals surface area contributed by atoms with Gasteiger partial charge in [-0.2, -0.15) is 23.5 Å². The van der Waals surface area contributed by atoms with Crippen molar-refractivity contribution in [2.45, 2.75) is 37.8 Å². The highest BCUT2D eigenvalue weighted by atomic mass is 19.3. The molecule has 1 aliphatic rings. The van der Waals surface area contributed by atoms with Gasteiger partial charge in [0.1, 0.15) is 5.56 Å². The van der Waals surface area contributed by atoms with Crippen molar-refractivity contribution in [2.75, 3.05) is 18.5 Å². The predicted molar refractivity (Wildman–Crippen MR) is 104 cm³/mol. The summed E-state index contributed by atoms with van der Waals surface area (Å²) in [5.74, 6) is -1.80. The van der Waals surface area contributed by atoms with Gasteiger partial charge in [0, 0.05) is 30.7 Å². The molecule has 170 valence electrons. The molecule has 2 aromatic rings. The number of likely N-dealkylation sites (tertiary alicyclic amines) is 1. The maximum Gasteiger partial charge on any atom is 0.414 e. The van der Waals surface area contributed by atoms with E-state index in [0.717, 1.165) is 16.9 Å². The number of nitrogens with zero attached hydrogens (tertiary/aromatic N) is 5. The number of hydrogen-bond acceptors (Lipinski definition) is 7. The second kappa shape index (κ2) is 8.74. The quantitative estimate of drug-likeness (QED) is 0.508. The molecule has 3 rings (SSSR count). The number of rotatable bonds is 6. The Bertz CT molecular complexity index is 1070. The first-order valence-electron chi connectivity index (χ1n) is 9.59. The summed E-state index contributed by atoms with van der Waals surface area (Å²) >= 11 is 0. The van der Waals surface area contributed by atoms with Gasteiger partial charge in [0.15, 0.2) is 5.82 Å². The SMILES string of the molecule is CCOC(=O)N1CCC(CC#N)(n2cc(C(N)=O)c(Nc3ccnc(F)c3)n2)CC1(F)F. The first-order chi connectivity index (χ1) is 15.1. The van der Waals surface area contributed by atoms with E-state index >= 15 is 0 Å². The minimum Gasteiger partial charge on any atom is -0.450 e. The molecule has 0 radical (unpaired) electrons. The number of amides is 2. The number of pyridine rings is 1. The number of halogens is 3. The fourth-order valence-electron chi connectivity index (χ4n) is 3.57. The Labute approximate surface area is 180 Å². The number of nitrogens with one attached hydrogen (secondary N) is 1. The van der Waals surface area contributed by atoms with Gasteiger partial charge in [-0.3, -0.25) is 9.48 Å². The first kappa shape index (κ1) is 22.9. The van der Waals surface area contributed by atoms with Gasteiger partial charge in [-0.1, -0.05) is 0 Å². The minimum atomic E-state index is -3.64. The van der Waals surface area contributed by atoms with Crippen LogP contribution in [-0.2, 0) is 10.3 Å². The van der Waals surface area contributed by atoms with Crippen LogP contribution in [0.1, 0.15) is 36.5 Å². The number of aromatic nitrogens is 3. The molecule has 2 amide bonds. The van der Waals surface area contributed by atoms with Crippen LogP contribution in [0.4, 0.5) is 29.5 Å². The average Bonchev–Trinajstić information content (AvgIpc) is 3.12. The second-order valence-electron chi connectivity index (χ2n) is 7.19. The minimum absolute atomic E-state index is 0.0574. The molecule has 2 aromatic heterocycles. The average molecular weight is 451 g/mol. The van der Waals surface area contributed by atoms with Crippen molar-refractivity contribution in [3.8, 4) is 6.07 Å². The third kappa shape index (κ3) is 4.43. The van der Waals surface area contributed by atoms with Crippen LogP contribution < -0.4 is 11.1 Å². The van der Waals surface area contributed by atoms with E-state index in [0.29, 0.717) is 4.90 Å². The second-order valence-corrected chi connectivity index (χ2v) is 7.19. The maximum atomic E-state index is 14.9. The van der Waals surface area contributed by atoms with Crippen molar-refractivity contribution in [2.24, 2.45) is 5.73 Å². The molecule has 3 N–H and O–H groups in total. The lowest BCUT2D eigenvalue weighted by Crippen LogP contribution is -2.57. The van der Waals surface area contributed by atoms with E-state index in [2.05, 4.69) is 15.4 Å². The summed E-state index contributed by atoms with van der Waals surface area (Å²) in [5.41, 5.74) is 3.93. The zero-order chi connectivity index (χ0) is 23.5. The maximum absolute atomic E-state index is 14.9. The third-order valence-corrected chi connectivity index (χ3v) is 5.09. The van der Waals surface area contributed by atoms with Gasteiger partial charge in [0.25, 0.3) is 5.91 Å². The fraction of sp³-hybridized carbons (Fsp3) is 0.421. The van der Waals surface area contributed by atoms with Crippen molar-refractivity contribution >= 4 is 23.5 Å². The van der Waals surface area contributed by atoms with Gasteiger partial charge in [0.05, 0.1) is 31.1 Å². The number of carbonyl (C=O) groups excluding carboxylic acids is 2. The largest absolute Gasteiger partial charge is 0.450 e. The summed E-state index contributed by atoms with van der Waals surface area (Å²) in [5, 5.41) is 16.2. The number of primary amides is 1. The summed E-state index contributed by atoms with van der Waals surface area (Å²) in [6, 6.07) is 0.688. The molecule has 1 unspecified atom stereocenters. The van der Waals surface area contributed by atoms with E-state index in [1.165, 1.54) is 19.2 Å². The number of nitriles is 1. The molecule has 1 aliphatic heterocycles. The number of piperidine rings is 1. The molecule has 0 saturated carbocycles. The van der Waals surface area contributed by atoms with Crippen molar-refractivity contribution in [3.05, 3.63) is 36.0 Å². The predicted octanol–water partition coefficient (Wildman–Crippen LogP) is 2.71. The molecule has 10 nitrogen and oxygen atoms in total. The van der Waals surface area contributed by atoms with Gasteiger partial charge in [-0.15, -0.1) is 0 Å². The summed E-state index contributed by atoms with van der Waals surface area (Å²) in [4.78, 5) is 27.6. The number of carbonyl (C=O) groups is 2. The van der Waals surface area contributed by atoms with Gasteiger partial charge in [-0.25, -0.2) is 14.7 Å². The van der Waals surface area contributed by atoms with Gasteiger partial charge < -0.3 is 15.8 Å². The van der Waals surface area contributed by atoms with E-state index in [9.17, 15) is 28.0 Å². The van der Waals surface area contributed by atoms with Crippen LogP contribution in [0.3, 0.4) is 0 Å². The lowest BCUT2D eigenvalue weighted by Gasteiger charge is -2.44. The normalized spacial score (nSPS) is 19.8. The van der Waals surface area contributed by atoms with Crippen molar-refractivity contribution < 1.29 is 27.5 Å². The van der Waals surface area contributed by atoms with Crippen molar-refractivity contribution in [3.63, 3.8) is 0 Å². The molecule has 1 atom stereocenters. The Hall–Kier alpha value is -3.82. The molecule has 32 heavy (non-hydrogen) atoms. The van der Waals surface area contributed by atoms with Crippen LogP contribution in [0.5, 0.6) is 0 Å². The van der Waals surface area contributed by atoms with E-state index in [-0.39, 0.29) is 36.5 Å². The van der Waals surface area contributed by atoms with Crippen molar-refractivity contribution in [1.29, 1.82) is 5.26 Å². The van der Waals surface area contributed by atoms with Crippen molar-refractivity contribution in [1.82, 2.24) is 19.7 Å². The Kier molecular flexibility index (Phi) is 6.24. The molecular formula is C19H20F3N7O3. The Morgan fingerprint density at radius 3 is 2.78 bits per heavy atom. The summed E-state index contributed by atoms with van der Waals surface area (Å²) < 4.78 is 49.0. The van der Waals surface area contributed by atoms with Crippen LogP contribution in [0.15, 0.2) is 24.5 Å². The molecule has 0 aliphatic carbocycles. The Morgan fingerprint density at radius 2 is 2.19 bits per heavy atom. The van der Waals surface area contributed by atoms with E-state index in [4.69, 9.17) is 10.5 Å². The Balaban J connectivity index is 1.99. The molecule has 3 heterocycles. The number of hydrogen-bond donors (Lipinski definition) is 2. The van der Waals surface area contributed by atoms with Crippen LogP contribution in [0.25, 0.3) is 0 Å². The molecule has 0 aromatic carbocycles. The summed E-state index contributed by atoms with van der Waals surface area (Å²) in [6.45, 7) is 1.02. The molecule has 1 saturated heterocycles. The zero-order valence-corrected chi connectivity index (χ0v) is 17.0. The van der Waals surface area contributed by atoms with Crippen LogP contribution in [-0.4, -0.2) is 50.9 Å². The van der Waals surface area contributed by atoms with Crippen LogP contribution in [0.2, 0.25) is 0 Å². The molecule has 1 fully saturated rings. The number of alkyl halides is 2. The Morgan fingerprint density at radius 1 is 1.44 bits per heavy atom. The fourth-order valence-corrected chi connectivity index (χ4v) is 3.57. The lowest BCUT2D eigenvalue weighted by molar-refractivity contribution is -0.181. The first-order valence-corrected chi connectivity index (χ1v) is 9.59. The highest BCUT2D eigenvalue weighted by Crippen LogP contribution is 2.44. The monoisotopic (exact) mass is 451 g/mol. The highest BCUT2D eigenvalue weighted by Gasteiger charge is 2.54. The highest BCUT2D eigenvalue weighted by molar-refractivity contribution is 5.98. The molecule has 0 spiro atoms. The van der Waals surface area contributed by atoms with Gasteiger partial charge in [0.2, 0.25) is 5.95 Å². The third-order valence-electron chi connectivity index (χ3n) is 5.09. The zero-order valence-electron chi connectivity index (χ0n) is 17.0. The smallest absolute Gasteiger partial charge is 0.414 e. The number of ether oxygens (including phenoxy) is 1. The lowest BCUT2D eigenvalue weighted by atomic mass is 9.83. The van der Waals surface area contributed by atoms with Crippen LogP contribution in [0, 0.1) is 17.3 Å². The van der Waals surface area contributed by atoms with E-state index in [1.54, 1.807) is 0 Å². The van der Waals surface area contributed by atoms with E-state index in [1.807, 2.05) is 6.07 Å². The van der Waals surface area contributed by atoms with Gasteiger partial charge >= 0.3 is 12.1 Å². The van der Waals surface area contributed by atoms with Gasteiger partial charge in [-0.05, 0) is 19.4 Å².